The van der Waals surface area contributed by atoms with E-state index in [4.69, 9.17) is 4.74 Å². The van der Waals surface area contributed by atoms with Gasteiger partial charge < -0.3 is 20.5 Å². The molecule has 0 radical (unpaired) electrons. The molecule has 1 heterocycles. The first kappa shape index (κ1) is 27.2. The lowest BCUT2D eigenvalue weighted by molar-refractivity contribution is -0.137. The smallest absolute Gasteiger partial charge is 0.418 e. The Labute approximate surface area is 218 Å². The Balaban J connectivity index is 1.31. The zero-order valence-electron chi connectivity index (χ0n) is 20.7. The number of hydrogen-bond acceptors (Lipinski definition) is 5. The summed E-state index contributed by atoms with van der Waals surface area (Å²) >= 11 is 0. The topological polar surface area (TPSA) is 87.7 Å². The number of phenolic OH excluding ortho intramolecular Hbond substituents is 1. The van der Waals surface area contributed by atoms with Gasteiger partial charge in [0.15, 0.2) is 5.78 Å². The Bertz CT molecular complexity index is 1270. The van der Waals surface area contributed by atoms with Crippen LogP contribution in [0.4, 0.5) is 24.5 Å². The van der Waals surface area contributed by atoms with E-state index in [-0.39, 0.29) is 42.7 Å². The van der Waals surface area contributed by atoms with Crippen molar-refractivity contribution in [3.05, 3.63) is 89.5 Å². The van der Waals surface area contributed by atoms with E-state index in [0.717, 1.165) is 11.6 Å². The highest BCUT2D eigenvalue weighted by Gasteiger charge is 2.41. The van der Waals surface area contributed by atoms with Crippen molar-refractivity contribution >= 4 is 23.1 Å². The zero-order chi connectivity index (χ0) is 27.2. The molecule has 3 aromatic carbocycles. The summed E-state index contributed by atoms with van der Waals surface area (Å²) in [5.74, 6) is -0.214. The van der Waals surface area contributed by atoms with Crippen molar-refractivity contribution in [1.29, 1.82) is 0 Å². The number of aromatic hydroxyl groups is 1. The van der Waals surface area contributed by atoms with Crippen LogP contribution in [-0.2, 0) is 22.3 Å². The molecular weight excluding hydrogens is 497 g/mol. The Morgan fingerprint density at radius 1 is 1.00 bits per heavy atom. The molecule has 1 atom stereocenters. The summed E-state index contributed by atoms with van der Waals surface area (Å²) in [6.45, 7) is 0.997. The number of rotatable bonds is 10. The quantitative estimate of drug-likeness (QED) is 0.273. The molecule has 1 aliphatic heterocycles. The lowest BCUT2D eigenvalue weighted by atomic mass is 9.80. The number of halogens is 3. The SMILES string of the molecule is O=C(CCC[C@@]1(C(=O)NCc2ccc(Nc3ccccc3C(F)(F)F)cc2)CCOC1)c1cccc(O)c1. The number of hydrogen-bond donors (Lipinski definition) is 3. The number of benzene rings is 3. The molecule has 0 aromatic heterocycles. The molecule has 6 nitrogen and oxygen atoms in total. The average molecular weight is 527 g/mol. The van der Waals surface area contributed by atoms with Crippen molar-refractivity contribution < 1.29 is 32.6 Å². The largest absolute Gasteiger partial charge is 0.508 e. The molecule has 3 N–H and O–H groups in total. The van der Waals surface area contributed by atoms with Gasteiger partial charge in [0.1, 0.15) is 5.75 Å². The molecule has 38 heavy (non-hydrogen) atoms. The highest BCUT2D eigenvalue weighted by atomic mass is 19.4. The number of nitrogens with one attached hydrogen (secondary N) is 2. The second-order valence-electron chi connectivity index (χ2n) is 9.46. The first-order chi connectivity index (χ1) is 18.2. The van der Waals surface area contributed by atoms with E-state index < -0.39 is 17.2 Å². The van der Waals surface area contributed by atoms with Gasteiger partial charge in [-0.2, -0.15) is 13.2 Å². The summed E-state index contributed by atoms with van der Waals surface area (Å²) in [6.07, 6.45) is -2.66. The molecule has 3 aromatic rings. The monoisotopic (exact) mass is 526 g/mol. The number of anilines is 2. The highest BCUT2D eigenvalue weighted by molar-refractivity contribution is 5.96. The van der Waals surface area contributed by atoms with Gasteiger partial charge in [0.05, 0.1) is 23.3 Å². The second kappa shape index (κ2) is 11.7. The number of carbonyl (C=O) groups excluding carboxylic acids is 2. The normalized spacial score (nSPS) is 17.2. The average Bonchev–Trinajstić information content (AvgIpc) is 3.38. The molecule has 200 valence electrons. The predicted octanol–water partition coefficient (Wildman–Crippen LogP) is 6.23. The molecule has 9 heteroatoms. The van der Waals surface area contributed by atoms with Crippen LogP contribution in [0.5, 0.6) is 5.75 Å². The first-order valence-corrected chi connectivity index (χ1v) is 12.4. The van der Waals surface area contributed by atoms with Crippen molar-refractivity contribution in [2.24, 2.45) is 5.41 Å². The van der Waals surface area contributed by atoms with Crippen LogP contribution in [0.25, 0.3) is 0 Å². The molecule has 0 saturated carbocycles. The van der Waals surface area contributed by atoms with Crippen LogP contribution in [0.1, 0.15) is 47.2 Å². The Morgan fingerprint density at radius 2 is 1.76 bits per heavy atom. The van der Waals surface area contributed by atoms with Gasteiger partial charge in [-0.3, -0.25) is 9.59 Å². The minimum absolute atomic E-state index is 0.0332. The number of amides is 1. The summed E-state index contributed by atoms with van der Waals surface area (Å²) in [5.41, 5.74) is 0.221. The lowest BCUT2D eigenvalue weighted by Crippen LogP contribution is -2.41. The number of ether oxygens (including phenoxy) is 1. The van der Waals surface area contributed by atoms with Crippen molar-refractivity contribution in [3.63, 3.8) is 0 Å². The molecule has 1 saturated heterocycles. The standard InChI is InChI=1S/C29H29F3N2O4/c30-29(31,32)24-7-1-2-8-25(24)34-22-12-10-20(11-13-22)18-33-27(37)28(15-16-38-19-28)14-4-9-26(36)21-5-3-6-23(35)17-21/h1-3,5-8,10-13,17,34-35H,4,9,14-16,18-19H2,(H,33,37)/t28-/m1/s1. The maximum Gasteiger partial charge on any atom is 0.418 e. The summed E-state index contributed by atoms with van der Waals surface area (Å²) < 4.78 is 45.3. The summed E-state index contributed by atoms with van der Waals surface area (Å²) in [5, 5.41) is 15.3. The summed E-state index contributed by atoms with van der Waals surface area (Å²) in [7, 11) is 0. The van der Waals surface area contributed by atoms with E-state index in [9.17, 15) is 27.9 Å². The van der Waals surface area contributed by atoms with Crippen LogP contribution in [0, 0.1) is 5.41 Å². The maximum atomic E-state index is 13.2. The minimum Gasteiger partial charge on any atom is -0.508 e. The molecule has 1 fully saturated rings. The number of alkyl halides is 3. The first-order valence-electron chi connectivity index (χ1n) is 12.4. The van der Waals surface area contributed by atoms with E-state index in [0.29, 0.717) is 37.1 Å². The van der Waals surface area contributed by atoms with Crippen molar-refractivity contribution in [2.75, 3.05) is 18.5 Å². The second-order valence-corrected chi connectivity index (χ2v) is 9.46. The van der Waals surface area contributed by atoms with Gasteiger partial charge in [-0.15, -0.1) is 0 Å². The van der Waals surface area contributed by atoms with Gasteiger partial charge >= 0.3 is 6.18 Å². The predicted molar refractivity (Wildman–Crippen MR) is 137 cm³/mol. The number of para-hydroxylation sites is 1. The number of Topliss-reactive ketones (excluding diaryl/α,β-unsaturated/α-hetero) is 1. The lowest BCUT2D eigenvalue weighted by Gasteiger charge is -2.26. The van der Waals surface area contributed by atoms with Crippen molar-refractivity contribution in [1.82, 2.24) is 5.32 Å². The van der Waals surface area contributed by atoms with E-state index in [2.05, 4.69) is 10.6 Å². The third-order valence-corrected chi connectivity index (χ3v) is 6.73. The van der Waals surface area contributed by atoms with Gasteiger partial charge in [-0.05, 0) is 61.2 Å². The van der Waals surface area contributed by atoms with Crippen molar-refractivity contribution in [3.8, 4) is 5.75 Å². The fraction of sp³-hybridized carbons (Fsp3) is 0.310. The summed E-state index contributed by atoms with van der Waals surface area (Å²) in [6, 6.07) is 18.3. The number of ketones is 1. The molecule has 0 spiro atoms. The van der Waals surface area contributed by atoms with Gasteiger partial charge in [0, 0.05) is 30.8 Å². The fourth-order valence-electron chi connectivity index (χ4n) is 4.58. The number of carbonyl (C=O) groups is 2. The van der Waals surface area contributed by atoms with Gasteiger partial charge in [0.2, 0.25) is 5.91 Å². The van der Waals surface area contributed by atoms with Crippen LogP contribution in [0.2, 0.25) is 0 Å². The summed E-state index contributed by atoms with van der Waals surface area (Å²) in [4.78, 5) is 25.6. The number of phenols is 1. The molecule has 4 rings (SSSR count). The molecule has 0 bridgehead atoms. The molecule has 1 aliphatic rings. The Morgan fingerprint density at radius 3 is 2.45 bits per heavy atom. The Hall–Kier alpha value is -3.85. The van der Waals surface area contributed by atoms with E-state index >= 15 is 0 Å². The fourth-order valence-corrected chi connectivity index (χ4v) is 4.58. The van der Waals surface area contributed by atoms with E-state index in [1.54, 1.807) is 36.4 Å². The molecular formula is C29H29F3N2O4. The van der Waals surface area contributed by atoms with Crippen LogP contribution < -0.4 is 10.6 Å². The Kier molecular flexibility index (Phi) is 8.36. The van der Waals surface area contributed by atoms with Gasteiger partial charge in [-0.1, -0.05) is 36.4 Å². The third-order valence-electron chi connectivity index (χ3n) is 6.73. The third kappa shape index (κ3) is 6.72. The maximum absolute atomic E-state index is 13.2. The zero-order valence-corrected chi connectivity index (χ0v) is 20.7. The van der Waals surface area contributed by atoms with Crippen LogP contribution in [-0.4, -0.2) is 30.0 Å². The molecule has 0 unspecified atom stereocenters. The van der Waals surface area contributed by atoms with Crippen LogP contribution in [0.15, 0.2) is 72.8 Å². The minimum atomic E-state index is -4.47. The van der Waals surface area contributed by atoms with E-state index in [1.807, 2.05) is 0 Å². The highest BCUT2D eigenvalue weighted by Crippen LogP contribution is 2.36. The van der Waals surface area contributed by atoms with Gasteiger partial charge in [-0.25, -0.2) is 0 Å². The van der Waals surface area contributed by atoms with Crippen molar-refractivity contribution in [2.45, 2.75) is 38.4 Å². The molecule has 1 amide bonds. The van der Waals surface area contributed by atoms with Crippen LogP contribution in [0.3, 0.4) is 0 Å². The van der Waals surface area contributed by atoms with Crippen LogP contribution >= 0.6 is 0 Å². The van der Waals surface area contributed by atoms with Gasteiger partial charge in [0.25, 0.3) is 0 Å². The van der Waals surface area contributed by atoms with E-state index in [1.165, 1.54) is 30.3 Å². The molecule has 0 aliphatic carbocycles.